The summed E-state index contributed by atoms with van der Waals surface area (Å²) in [4.78, 5) is 0. The van der Waals surface area contributed by atoms with E-state index in [0.717, 1.165) is 72.9 Å². The van der Waals surface area contributed by atoms with Gasteiger partial charge in [0.05, 0.1) is 0 Å². The minimum Gasteiger partial charge on any atom is -0.374 e. The second kappa shape index (κ2) is 42.1. The molecule has 0 aromatic rings. The lowest BCUT2D eigenvalue weighted by atomic mass is 10.6. The summed E-state index contributed by atoms with van der Waals surface area (Å²) in [7, 11) is -0.515. The van der Waals surface area contributed by atoms with Gasteiger partial charge in [0.25, 0.3) is 0 Å². The van der Waals surface area contributed by atoms with Gasteiger partial charge < -0.3 is 53.1 Å². The molecule has 0 saturated carbocycles. The molecule has 0 unspecified atom stereocenters. The van der Waals surface area contributed by atoms with E-state index in [1.807, 2.05) is 136 Å². The van der Waals surface area contributed by atoms with E-state index in [9.17, 15) is 0 Å². The smallest absolute Gasteiger partial charge is 0.374 e. The Hall–Kier alpha value is 2.14. The third-order valence-electron chi connectivity index (χ3n) is 7.39. The zero-order valence-electron chi connectivity index (χ0n) is 37.9. The number of rotatable bonds is 43. The van der Waals surface area contributed by atoms with E-state index in [0.29, 0.717) is 79.3 Å². The van der Waals surface area contributed by atoms with Gasteiger partial charge in [-0.25, -0.2) is 0 Å². The van der Waals surface area contributed by atoms with Crippen LogP contribution in [0.2, 0.25) is 24.2 Å². The minimum atomic E-state index is -2.49. The molecule has 0 bridgehead atoms. The zero-order chi connectivity index (χ0) is 43.0. The fourth-order valence-electron chi connectivity index (χ4n) is 5.62. The van der Waals surface area contributed by atoms with Gasteiger partial charge in [-0.3, -0.25) is 0 Å². The Bertz CT molecular complexity index is 727. The number of hydrogen-bond donors (Lipinski definition) is 0. The summed E-state index contributed by atoms with van der Waals surface area (Å²) in [5.41, 5.74) is 0. The highest BCUT2D eigenvalue weighted by atomic mass is 33.5. The maximum atomic E-state index is 5.90. The van der Waals surface area contributed by atoms with E-state index in [1.165, 1.54) is 0 Å². The molecule has 346 valence electrons. The van der Waals surface area contributed by atoms with Crippen LogP contribution in [-0.2, 0) is 53.1 Å². The molecule has 0 N–H and O–H groups in total. The van der Waals surface area contributed by atoms with Crippen LogP contribution in [0.5, 0.6) is 0 Å². The highest BCUT2D eigenvalue weighted by Crippen LogP contribution is 2.37. The van der Waals surface area contributed by atoms with Crippen LogP contribution in [-0.4, -0.2) is 138 Å². The van der Waals surface area contributed by atoms with Gasteiger partial charge >= 0.3 is 35.2 Å². The molecule has 0 amide bonds. The lowest BCUT2D eigenvalue weighted by Crippen LogP contribution is -2.46. The summed E-state index contributed by atoms with van der Waals surface area (Å²) >= 11 is 0. The standard InChI is InChI=1S/C18H42O6S3Si2.C18H42O6S2Si2/c1-7-19-28(20-8-2,21-9-3)17-13-15-25-27-26-16-14-18-29(22-10-4,23-11-5)24-12-6;1-7-19-27(20-8-2,21-9-3)17-13-15-25-26-16-14-18-28(22-10-4,23-11-5)24-12-6/h7-18H2,1-6H3;7-18H2,1-6H3. The SMILES string of the molecule is CCO[Si](CCCSSCCC[Si](OCC)(OCC)OCC)(OCC)OCC.CCO[Si](CCCSSSCCC[Si](OCC)(OCC)OCC)(OCC)OCC. The van der Waals surface area contributed by atoms with Crippen molar-refractivity contribution in [1.29, 1.82) is 0 Å². The molecule has 0 spiro atoms. The van der Waals surface area contributed by atoms with Crippen molar-refractivity contribution in [3.8, 4) is 0 Å². The summed E-state index contributed by atoms with van der Waals surface area (Å²) in [6.45, 7) is 31.7. The van der Waals surface area contributed by atoms with Crippen molar-refractivity contribution in [2.75, 3.05) is 102 Å². The van der Waals surface area contributed by atoms with Gasteiger partial charge in [-0.05, 0) is 119 Å². The molecule has 0 atom stereocenters. The zero-order valence-corrected chi connectivity index (χ0v) is 46.0. The highest BCUT2D eigenvalue weighted by molar-refractivity contribution is 9.09. The first-order valence-corrected chi connectivity index (χ1v) is 35.5. The molecule has 0 aliphatic heterocycles. The van der Waals surface area contributed by atoms with Crippen LogP contribution < -0.4 is 0 Å². The first-order valence-electron chi connectivity index (χ1n) is 21.5. The van der Waals surface area contributed by atoms with Crippen molar-refractivity contribution in [3.63, 3.8) is 0 Å². The lowest BCUT2D eigenvalue weighted by Gasteiger charge is -2.28. The van der Waals surface area contributed by atoms with E-state index in [-0.39, 0.29) is 0 Å². The Morgan fingerprint density at radius 2 is 0.404 bits per heavy atom. The minimum absolute atomic E-state index is 0.638. The Morgan fingerprint density at radius 1 is 0.246 bits per heavy atom. The van der Waals surface area contributed by atoms with Crippen LogP contribution in [0.4, 0.5) is 0 Å². The number of hydrogen-bond acceptors (Lipinski definition) is 17. The van der Waals surface area contributed by atoms with Crippen LogP contribution in [0.3, 0.4) is 0 Å². The quantitative estimate of drug-likeness (QED) is 0.0328. The molecule has 0 aliphatic carbocycles. The highest BCUT2D eigenvalue weighted by Gasteiger charge is 2.42. The largest absolute Gasteiger partial charge is 0.500 e. The van der Waals surface area contributed by atoms with Crippen LogP contribution in [0.1, 0.15) is 109 Å². The predicted octanol–water partition coefficient (Wildman–Crippen LogP) is 11.1. The molecule has 21 heteroatoms. The molecule has 0 rings (SSSR count). The first-order chi connectivity index (χ1) is 27.6. The van der Waals surface area contributed by atoms with Crippen molar-refractivity contribution in [3.05, 3.63) is 0 Å². The molecule has 0 heterocycles. The Morgan fingerprint density at radius 3 is 0.561 bits per heavy atom. The Labute approximate surface area is 374 Å². The third kappa shape index (κ3) is 30.8. The van der Waals surface area contributed by atoms with Crippen molar-refractivity contribution in [1.82, 2.24) is 0 Å². The van der Waals surface area contributed by atoms with Crippen molar-refractivity contribution in [2.45, 2.75) is 133 Å². The molecule has 0 radical (unpaired) electrons. The second-order valence-electron chi connectivity index (χ2n) is 11.7. The normalized spacial score (nSPS) is 12.6. The molecular weight excluding hydrogens is 897 g/mol. The van der Waals surface area contributed by atoms with Crippen LogP contribution in [0.15, 0.2) is 0 Å². The topological polar surface area (TPSA) is 111 Å². The molecule has 57 heavy (non-hydrogen) atoms. The molecule has 0 aromatic carbocycles. The predicted molar refractivity (Wildman–Crippen MR) is 258 cm³/mol. The third-order valence-corrected chi connectivity index (χ3v) is 27.0. The second-order valence-corrected chi connectivity index (χ2v) is 29.8. The van der Waals surface area contributed by atoms with Gasteiger partial charge in [0.2, 0.25) is 0 Å². The first kappa shape index (κ1) is 61.2. The average molecular weight is 982 g/mol. The van der Waals surface area contributed by atoms with Gasteiger partial charge in [0, 0.05) is 126 Å². The molecular formula is C36H84O12S5Si4. The van der Waals surface area contributed by atoms with E-state index in [4.69, 9.17) is 53.1 Å². The molecule has 0 aromatic heterocycles. The molecule has 0 aliphatic rings. The van der Waals surface area contributed by atoms with Gasteiger partial charge in [-0.1, -0.05) is 43.2 Å². The molecule has 0 fully saturated rings. The summed E-state index contributed by atoms with van der Waals surface area (Å²) in [5, 5.41) is 0. The lowest BCUT2D eigenvalue weighted by molar-refractivity contribution is 0.0704. The summed E-state index contributed by atoms with van der Waals surface area (Å²) < 4.78 is 70.8. The Balaban J connectivity index is 0. The van der Waals surface area contributed by atoms with Crippen molar-refractivity contribution < 1.29 is 53.1 Å². The van der Waals surface area contributed by atoms with Gasteiger partial charge in [0.15, 0.2) is 0 Å². The maximum Gasteiger partial charge on any atom is 0.500 e. The summed E-state index contributed by atoms with van der Waals surface area (Å²) in [6.07, 6.45) is 4.16. The fourth-order valence-corrected chi connectivity index (χ4v) is 23.1. The van der Waals surface area contributed by atoms with Crippen LogP contribution >= 0.6 is 53.0 Å². The van der Waals surface area contributed by atoms with E-state index >= 15 is 0 Å². The van der Waals surface area contributed by atoms with Gasteiger partial charge in [0.1, 0.15) is 0 Å². The van der Waals surface area contributed by atoms with E-state index in [1.54, 1.807) is 0 Å². The van der Waals surface area contributed by atoms with Gasteiger partial charge in [-0.2, -0.15) is 0 Å². The monoisotopic (exact) mass is 980 g/mol. The molecule has 0 saturated heterocycles. The van der Waals surface area contributed by atoms with E-state index in [2.05, 4.69) is 0 Å². The van der Waals surface area contributed by atoms with Gasteiger partial charge in [-0.15, -0.1) is 0 Å². The van der Waals surface area contributed by atoms with Crippen molar-refractivity contribution in [2.24, 2.45) is 0 Å². The fraction of sp³-hybridized carbons (Fsp3) is 1.00. The Kier molecular flexibility index (Phi) is 45.2. The maximum absolute atomic E-state index is 5.90. The van der Waals surface area contributed by atoms with Crippen LogP contribution in [0, 0.1) is 0 Å². The van der Waals surface area contributed by atoms with Crippen LogP contribution in [0.25, 0.3) is 0 Å². The average Bonchev–Trinajstić information content (AvgIpc) is 3.17. The molecule has 12 nitrogen and oxygen atoms in total. The van der Waals surface area contributed by atoms with Crippen molar-refractivity contribution >= 4 is 88.2 Å². The van der Waals surface area contributed by atoms with E-state index < -0.39 is 35.2 Å². The summed E-state index contributed by atoms with van der Waals surface area (Å²) in [5.74, 6) is 4.26. The summed E-state index contributed by atoms with van der Waals surface area (Å²) in [6, 6.07) is 3.52.